The highest BCUT2D eigenvalue weighted by Crippen LogP contribution is 2.29. The van der Waals surface area contributed by atoms with Crippen LogP contribution in [0, 0.1) is 11.3 Å². The van der Waals surface area contributed by atoms with Crippen LogP contribution in [0.1, 0.15) is 59.2 Å². The van der Waals surface area contributed by atoms with Crippen molar-refractivity contribution in [3.8, 4) is 6.07 Å². The molecular weight excluding hydrogens is 492 g/mol. The fourth-order valence-corrected chi connectivity index (χ4v) is 4.42. The monoisotopic (exact) mass is 522 g/mol. The number of hydrogen-bond donors (Lipinski definition) is 3. The van der Waals surface area contributed by atoms with Crippen molar-refractivity contribution >= 4 is 34.9 Å². The fourth-order valence-electron chi connectivity index (χ4n) is 4.42. The maximum atomic E-state index is 13.5. The van der Waals surface area contributed by atoms with Gasteiger partial charge in [-0.2, -0.15) is 5.26 Å². The molecule has 4 rings (SSSR count). The third-order valence-electron chi connectivity index (χ3n) is 6.51. The Morgan fingerprint density at radius 3 is 2.41 bits per heavy atom. The molecule has 1 aliphatic carbocycles. The summed E-state index contributed by atoms with van der Waals surface area (Å²) in [7, 11) is 0. The molecule has 8 nitrogen and oxygen atoms in total. The second-order valence-corrected chi connectivity index (χ2v) is 9.33. The molecule has 3 aromatic carbocycles. The number of carboxylic acid groups (broad SMARTS) is 1. The Balaban J connectivity index is 1.54. The van der Waals surface area contributed by atoms with Gasteiger partial charge in [0.25, 0.3) is 5.91 Å². The van der Waals surface area contributed by atoms with E-state index in [4.69, 9.17) is 5.11 Å². The normalized spacial score (nSPS) is 12.5. The summed E-state index contributed by atoms with van der Waals surface area (Å²) in [6, 6.07) is 23.2. The predicted molar refractivity (Wildman–Crippen MR) is 150 cm³/mol. The third-order valence-corrected chi connectivity index (χ3v) is 6.51. The fraction of sp³-hybridized carbons (Fsp3) is 0.226. The number of allylic oxidation sites excluding steroid dienone is 2. The lowest BCUT2D eigenvalue weighted by Crippen LogP contribution is -2.34. The summed E-state index contributed by atoms with van der Waals surface area (Å²) in [5.41, 5.74) is 5.35. The Hall–Kier alpha value is -4.90. The molecule has 198 valence electrons. The van der Waals surface area contributed by atoms with Crippen LogP contribution in [0.3, 0.4) is 0 Å². The molecule has 0 unspecified atom stereocenters. The topological polar surface area (TPSA) is 123 Å². The van der Waals surface area contributed by atoms with Crippen molar-refractivity contribution in [1.29, 1.82) is 5.26 Å². The molecule has 0 bridgehead atoms. The molecule has 0 heterocycles. The van der Waals surface area contributed by atoms with Gasteiger partial charge in [-0.1, -0.05) is 36.4 Å². The number of aliphatic carboxylic acids is 1. The number of carboxylic acids is 1. The molecule has 0 saturated heterocycles. The molecule has 0 aliphatic heterocycles. The molecule has 0 saturated carbocycles. The number of amides is 3. The lowest BCUT2D eigenvalue weighted by Gasteiger charge is -2.24. The molecule has 0 fully saturated rings. The number of hydrogen-bond acceptors (Lipinski definition) is 4. The Morgan fingerprint density at radius 2 is 1.74 bits per heavy atom. The van der Waals surface area contributed by atoms with Gasteiger partial charge in [0.15, 0.2) is 0 Å². The highest BCUT2D eigenvalue weighted by atomic mass is 16.4. The van der Waals surface area contributed by atoms with Crippen LogP contribution in [0.25, 0.3) is 5.57 Å². The molecule has 0 radical (unpaired) electrons. The van der Waals surface area contributed by atoms with E-state index in [-0.39, 0.29) is 31.4 Å². The van der Waals surface area contributed by atoms with E-state index in [9.17, 15) is 19.6 Å². The lowest BCUT2D eigenvalue weighted by molar-refractivity contribution is -0.136. The second-order valence-electron chi connectivity index (χ2n) is 9.33. The first-order valence-corrected chi connectivity index (χ1v) is 12.9. The third kappa shape index (κ3) is 7.55. The molecule has 0 atom stereocenters. The van der Waals surface area contributed by atoms with Gasteiger partial charge in [0.05, 0.1) is 24.6 Å². The average Bonchev–Trinajstić information content (AvgIpc) is 2.96. The van der Waals surface area contributed by atoms with Crippen molar-refractivity contribution in [2.45, 2.75) is 38.6 Å². The van der Waals surface area contributed by atoms with Gasteiger partial charge >= 0.3 is 12.0 Å². The summed E-state index contributed by atoms with van der Waals surface area (Å²) >= 11 is 0. The maximum Gasteiger partial charge on any atom is 0.326 e. The van der Waals surface area contributed by atoms with Crippen molar-refractivity contribution in [3.63, 3.8) is 0 Å². The summed E-state index contributed by atoms with van der Waals surface area (Å²) in [4.78, 5) is 38.1. The molecule has 1 aliphatic rings. The quantitative estimate of drug-likeness (QED) is 0.320. The van der Waals surface area contributed by atoms with Crippen molar-refractivity contribution in [1.82, 2.24) is 5.32 Å². The number of nitrogens with zero attached hydrogens (tertiary/aromatic N) is 2. The van der Waals surface area contributed by atoms with Gasteiger partial charge in [-0.15, -0.1) is 0 Å². The van der Waals surface area contributed by atoms with E-state index in [2.05, 4.69) is 22.8 Å². The maximum absolute atomic E-state index is 13.5. The number of benzene rings is 3. The molecule has 8 heteroatoms. The minimum atomic E-state index is -0.980. The van der Waals surface area contributed by atoms with Crippen molar-refractivity contribution in [2.75, 3.05) is 16.8 Å². The molecule has 0 spiro atoms. The number of urea groups is 1. The van der Waals surface area contributed by atoms with Crippen LogP contribution in [0.5, 0.6) is 0 Å². The predicted octanol–water partition coefficient (Wildman–Crippen LogP) is 5.96. The lowest BCUT2D eigenvalue weighted by atomic mass is 9.93. The van der Waals surface area contributed by atoms with E-state index in [1.54, 1.807) is 53.4 Å². The van der Waals surface area contributed by atoms with Gasteiger partial charge in [-0.05, 0) is 84.8 Å². The zero-order chi connectivity index (χ0) is 27.6. The molecule has 3 amide bonds. The molecule has 39 heavy (non-hydrogen) atoms. The van der Waals surface area contributed by atoms with Crippen LogP contribution in [0.2, 0.25) is 0 Å². The zero-order valence-electron chi connectivity index (χ0n) is 21.5. The Morgan fingerprint density at radius 1 is 0.974 bits per heavy atom. The van der Waals surface area contributed by atoms with E-state index in [0.717, 1.165) is 24.0 Å². The average molecular weight is 523 g/mol. The number of anilines is 2. The van der Waals surface area contributed by atoms with Gasteiger partial charge in [0.1, 0.15) is 0 Å². The van der Waals surface area contributed by atoms with E-state index >= 15 is 0 Å². The highest BCUT2D eigenvalue weighted by molar-refractivity contribution is 6.02. The van der Waals surface area contributed by atoms with E-state index < -0.39 is 5.97 Å². The highest BCUT2D eigenvalue weighted by Gasteiger charge is 2.18. The Labute approximate surface area is 227 Å². The molecule has 3 N–H and O–H groups in total. The van der Waals surface area contributed by atoms with Crippen molar-refractivity contribution < 1.29 is 19.5 Å². The van der Waals surface area contributed by atoms with Crippen molar-refractivity contribution in [3.05, 3.63) is 101 Å². The smallest absolute Gasteiger partial charge is 0.326 e. The number of carbonyl (C=O) groups excluding carboxylic acids is 2. The second kappa shape index (κ2) is 13.1. The van der Waals surface area contributed by atoms with Gasteiger partial charge < -0.3 is 15.7 Å². The first kappa shape index (κ1) is 27.1. The van der Waals surface area contributed by atoms with Crippen LogP contribution < -0.4 is 15.5 Å². The van der Waals surface area contributed by atoms with Gasteiger partial charge in [0.2, 0.25) is 0 Å². The van der Waals surface area contributed by atoms with Gasteiger partial charge in [-0.3, -0.25) is 14.5 Å². The molecule has 3 aromatic rings. The van der Waals surface area contributed by atoms with E-state index in [0.29, 0.717) is 22.5 Å². The molecule has 0 aromatic heterocycles. The summed E-state index contributed by atoms with van der Waals surface area (Å²) in [6.45, 7) is 0.288. The minimum Gasteiger partial charge on any atom is -0.481 e. The Kier molecular flexibility index (Phi) is 9.09. The van der Waals surface area contributed by atoms with E-state index in [1.165, 1.54) is 18.4 Å². The van der Waals surface area contributed by atoms with Crippen molar-refractivity contribution in [2.24, 2.45) is 0 Å². The zero-order valence-corrected chi connectivity index (χ0v) is 21.5. The summed E-state index contributed by atoms with van der Waals surface area (Å²) in [5.74, 6) is -1.34. The number of rotatable bonds is 9. The minimum absolute atomic E-state index is 0.0454. The van der Waals surface area contributed by atoms with E-state index in [1.807, 2.05) is 24.3 Å². The summed E-state index contributed by atoms with van der Waals surface area (Å²) < 4.78 is 0. The Bertz CT molecular complexity index is 1410. The van der Waals surface area contributed by atoms with Crippen LogP contribution in [-0.4, -0.2) is 29.6 Å². The van der Waals surface area contributed by atoms with Gasteiger partial charge in [-0.25, -0.2) is 4.79 Å². The SMILES string of the molecule is N#Cc1cccc(NC(=O)N(Cc2ccc(C(=O)NCCC(=O)O)cc2)c2ccc(C3=CCCCC3)cc2)c1. The van der Waals surface area contributed by atoms with Crippen LogP contribution in [0.4, 0.5) is 16.2 Å². The summed E-state index contributed by atoms with van der Waals surface area (Å²) in [6.07, 6.45) is 6.66. The standard InChI is InChI=1S/C31H30N4O4/c32-20-23-5-4-8-27(19-23)34-31(39)35(28-15-13-25(14-16-28)24-6-2-1-3-7-24)21-22-9-11-26(12-10-22)30(38)33-18-17-29(36)37/h4-6,8-16,19H,1-3,7,17-18,21H2,(H,33,38)(H,34,39)(H,36,37). The number of nitriles is 1. The van der Waals surface area contributed by atoms with Gasteiger partial charge in [0, 0.05) is 23.5 Å². The number of nitrogens with one attached hydrogen (secondary N) is 2. The summed E-state index contributed by atoms with van der Waals surface area (Å²) in [5, 5.41) is 23.4. The largest absolute Gasteiger partial charge is 0.481 e. The van der Waals surface area contributed by atoms with Crippen LogP contribution in [0.15, 0.2) is 78.9 Å². The van der Waals surface area contributed by atoms with Crippen LogP contribution in [-0.2, 0) is 11.3 Å². The first-order valence-electron chi connectivity index (χ1n) is 12.9. The first-order chi connectivity index (χ1) is 18.9. The molecular formula is C31H30N4O4. The van der Waals surface area contributed by atoms with Crippen LogP contribution >= 0.6 is 0 Å². The number of carbonyl (C=O) groups is 3.